The first-order valence-electron chi connectivity index (χ1n) is 7.74. The number of rotatable bonds is 5. The summed E-state index contributed by atoms with van der Waals surface area (Å²) in [7, 11) is 0. The topological polar surface area (TPSA) is 113 Å². The number of nitro groups is 2. The van der Waals surface area contributed by atoms with Gasteiger partial charge in [0.25, 0.3) is 11.4 Å². The zero-order valence-electron chi connectivity index (χ0n) is 13.8. The van der Waals surface area contributed by atoms with Crippen molar-refractivity contribution in [3.63, 3.8) is 0 Å². The third-order valence-corrected chi connectivity index (χ3v) is 3.82. The molecule has 0 aliphatic carbocycles. The number of nitro benzene ring substituents is 2. The molecule has 0 saturated heterocycles. The predicted molar refractivity (Wildman–Crippen MR) is 97.4 cm³/mol. The van der Waals surface area contributed by atoms with Gasteiger partial charge < -0.3 is 4.74 Å². The van der Waals surface area contributed by atoms with Crippen LogP contribution in [0.3, 0.4) is 0 Å². The van der Waals surface area contributed by atoms with Crippen molar-refractivity contribution in [2.45, 2.75) is 0 Å². The van der Waals surface area contributed by atoms with Gasteiger partial charge in [0.2, 0.25) is 0 Å². The van der Waals surface area contributed by atoms with Crippen LogP contribution in [0.15, 0.2) is 72.5 Å². The van der Waals surface area contributed by atoms with Gasteiger partial charge in [-0.3, -0.25) is 25.0 Å². The smallest absolute Gasteiger partial charge is 0.269 e. The van der Waals surface area contributed by atoms with E-state index in [0.717, 1.165) is 0 Å². The van der Waals surface area contributed by atoms with Crippen LogP contribution in [0.25, 0.3) is 11.3 Å². The molecule has 1 aliphatic rings. The van der Waals surface area contributed by atoms with Gasteiger partial charge in [-0.1, -0.05) is 0 Å². The second-order valence-corrected chi connectivity index (χ2v) is 5.52. The summed E-state index contributed by atoms with van der Waals surface area (Å²) < 4.78 is 5.66. The number of carbonyl (C=O) groups excluding carboxylic acids is 1. The average Bonchev–Trinajstić information content (AvgIpc) is 2.68. The first kappa shape index (κ1) is 17.7. The van der Waals surface area contributed by atoms with Crippen molar-refractivity contribution in [2.24, 2.45) is 0 Å². The molecular formula is C19H12N2O6. The van der Waals surface area contributed by atoms with Crippen molar-refractivity contribution in [1.29, 1.82) is 0 Å². The van der Waals surface area contributed by atoms with E-state index in [2.05, 4.69) is 0 Å². The zero-order valence-corrected chi connectivity index (χ0v) is 13.8. The lowest BCUT2D eigenvalue weighted by Crippen LogP contribution is -2.00. The summed E-state index contributed by atoms with van der Waals surface area (Å²) in [6, 6.07) is 11.7. The van der Waals surface area contributed by atoms with Gasteiger partial charge in [0.15, 0.2) is 0 Å². The number of benzene rings is 2. The van der Waals surface area contributed by atoms with Crippen LogP contribution in [0.4, 0.5) is 11.4 Å². The maximum atomic E-state index is 10.8. The zero-order chi connectivity index (χ0) is 19.4. The Balaban J connectivity index is 2.00. The summed E-state index contributed by atoms with van der Waals surface area (Å²) in [5.41, 5.74) is 1.88. The van der Waals surface area contributed by atoms with Crippen molar-refractivity contribution in [3.05, 3.63) is 104 Å². The average molecular weight is 364 g/mol. The Bertz CT molecular complexity index is 1000. The van der Waals surface area contributed by atoms with Crippen molar-refractivity contribution in [3.8, 4) is 0 Å². The van der Waals surface area contributed by atoms with E-state index in [1.54, 1.807) is 36.4 Å². The third kappa shape index (κ3) is 3.96. The minimum atomic E-state index is -0.500. The third-order valence-electron chi connectivity index (χ3n) is 3.82. The lowest BCUT2D eigenvalue weighted by Gasteiger charge is -2.18. The molecule has 0 aromatic heterocycles. The van der Waals surface area contributed by atoms with Crippen LogP contribution in [-0.2, 0) is 9.53 Å². The molecule has 134 valence electrons. The molecule has 1 aliphatic heterocycles. The van der Waals surface area contributed by atoms with E-state index >= 15 is 0 Å². The monoisotopic (exact) mass is 364 g/mol. The molecule has 0 fully saturated rings. The molecule has 8 heteroatoms. The maximum absolute atomic E-state index is 10.8. The second kappa shape index (κ2) is 7.44. The molecule has 0 N–H and O–H groups in total. The maximum Gasteiger partial charge on any atom is 0.269 e. The molecule has 0 amide bonds. The number of allylic oxidation sites excluding steroid dienone is 4. The molecule has 0 atom stereocenters. The summed E-state index contributed by atoms with van der Waals surface area (Å²) in [5.74, 6) is 0.683. The number of ether oxygens (including phenoxy) is 1. The lowest BCUT2D eigenvalue weighted by molar-refractivity contribution is -0.385. The predicted octanol–water partition coefficient (Wildman–Crippen LogP) is 4.04. The molecule has 27 heavy (non-hydrogen) atoms. The van der Waals surface area contributed by atoms with Crippen LogP contribution < -0.4 is 0 Å². The molecule has 2 aromatic rings. The fourth-order valence-corrected chi connectivity index (χ4v) is 2.50. The van der Waals surface area contributed by atoms with Crippen LogP contribution in [-0.4, -0.2) is 16.1 Å². The Labute approximate surface area is 153 Å². The molecule has 3 rings (SSSR count). The number of hydrogen-bond acceptors (Lipinski definition) is 6. The minimum Gasteiger partial charge on any atom is -0.457 e. The van der Waals surface area contributed by atoms with Crippen LogP contribution in [0.5, 0.6) is 0 Å². The normalized spacial score (nSPS) is 14.7. The van der Waals surface area contributed by atoms with Crippen LogP contribution in [0.1, 0.15) is 11.1 Å². The van der Waals surface area contributed by atoms with E-state index < -0.39 is 9.85 Å². The number of hydrogen-bond donors (Lipinski definition) is 0. The van der Waals surface area contributed by atoms with Gasteiger partial charge in [-0.25, -0.2) is 0 Å². The molecule has 0 saturated carbocycles. The first-order chi connectivity index (χ1) is 13.0. The number of aldehydes is 1. The Morgan fingerprint density at radius 2 is 1.30 bits per heavy atom. The van der Waals surface area contributed by atoms with Crippen LogP contribution in [0.2, 0.25) is 0 Å². The molecule has 0 unspecified atom stereocenters. The molecule has 0 radical (unpaired) electrons. The summed E-state index contributed by atoms with van der Waals surface area (Å²) in [6.45, 7) is 0. The van der Waals surface area contributed by atoms with Gasteiger partial charge in [0, 0.05) is 35.9 Å². The van der Waals surface area contributed by atoms with Crippen molar-refractivity contribution < 1.29 is 19.4 Å². The molecule has 0 bridgehead atoms. The summed E-state index contributed by atoms with van der Waals surface area (Å²) in [5, 5.41) is 21.6. The van der Waals surface area contributed by atoms with Crippen molar-refractivity contribution >= 4 is 29.0 Å². The highest BCUT2D eigenvalue weighted by molar-refractivity contribution is 5.86. The quantitative estimate of drug-likeness (QED) is 0.342. The lowest BCUT2D eigenvalue weighted by atomic mass is 10.00. The van der Waals surface area contributed by atoms with E-state index in [0.29, 0.717) is 28.7 Å². The standard InChI is InChI=1S/C19H12N2O6/c22-10-9-18-11-15(13-1-5-16(6-2-13)20(23)24)12-19(27-18)14-3-7-17(8-4-14)21(25)26/h1-12H. The molecule has 2 aromatic carbocycles. The highest BCUT2D eigenvalue weighted by atomic mass is 16.6. The first-order valence-corrected chi connectivity index (χ1v) is 7.74. The van der Waals surface area contributed by atoms with E-state index in [1.807, 2.05) is 0 Å². The van der Waals surface area contributed by atoms with Gasteiger partial charge in [-0.2, -0.15) is 0 Å². The second-order valence-electron chi connectivity index (χ2n) is 5.52. The highest BCUT2D eigenvalue weighted by Crippen LogP contribution is 2.32. The fraction of sp³-hybridized carbons (Fsp3) is 0. The number of carbonyl (C=O) groups is 1. The largest absolute Gasteiger partial charge is 0.457 e. The van der Waals surface area contributed by atoms with Crippen molar-refractivity contribution in [2.75, 3.05) is 0 Å². The summed E-state index contributed by atoms with van der Waals surface area (Å²) in [4.78, 5) is 31.4. The van der Waals surface area contributed by atoms with Crippen LogP contribution in [0, 0.1) is 20.2 Å². The minimum absolute atomic E-state index is 0.0327. The molecule has 1 heterocycles. The Kier molecular flexibility index (Phi) is 4.89. The highest BCUT2D eigenvalue weighted by Gasteiger charge is 2.16. The SMILES string of the molecule is O=CC=C1C=C(c2ccc([N+](=O)[O-])cc2)C=C(c2ccc([N+](=O)[O-])cc2)O1. The van der Waals surface area contributed by atoms with Crippen molar-refractivity contribution in [1.82, 2.24) is 0 Å². The van der Waals surface area contributed by atoms with Gasteiger partial charge in [0.1, 0.15) is 17.8 Å². The van der Waals surface area contributed by atoms with Gasteiger partial charge in [0.05, 0.1) is 9.85 Å². The van der Waals surface area contributed by atoms with E-state index in [4.69, 9.17) is 4.74 Å². The fourth-order valence-electron chi connectivity index (χ4n) is 2.50. The Morgan fingerprint density at radius 1 is 0.778 bits per heavy atom. The van der Waals surface area contributed by atoms with E-state index in [1.165, 1.54) is 30.3 Å². The number of non-ortho nitro benzene ring substituents is 2. The van der Waals surface area contributed by atoms with E-state index in [9.17, 15) is 25.0 Å². The van der Waals surface area contributed by atoms with Gasteiger partial charge >= 0.3 is 0 Å². The Hall–Kier alpha value is -4.07. The molecule has 0 spiro atoms. The summed E-state index contributed by atoms with van der Waals surface area (Å²) >= 11 is 0. The van der Waals surface area contributed by atoms with Crippen LogP contribution >= 0.6 is 0 Å². The van der Waals surface area contributed by atoms with E-state index in [-0.39, 0.29) is 17.1 Å². The Morgan fingerprint density at radius 3 is 1.78 bits per heavy atom. The molecular weight excluding hydrogens is 352 g/mol. The summed E-state index contributed by atoms with van der Waals surface area (Å²) in [6.07, 6.45) is 5.15. The van der Waals surface area contributed by atoms with Gasteiger partial charge in [-0.15, -0.1) is 0 Å². The number of nitrogens with zero attached hydrogens (tertiary/aromatic N) is 2. The molecule has 8 nitrogen and oxygen atoms in total. The van der Waals surface area contributed by atoms with Gasteiger partial charge in [-0.05, 0) is 47.6 Å².